The molecule has 0 heterocycles. The van der Waals surface area contributed by atoms with E-state index in [1.807, 2.05) is 22.6 Å². The quantitative estimate of drug-likeness (QED) is 0.482. The summed E-state index contributed by atoms with van der Waals surface area (Å²) in [6.45, 7) is 0. The van der Waals surface area contributed by atoms with Gasteiger partial charge >= 0.3 is 5.69 Å². The van der Waals surface area contributed by atoms with Gasteiger partial charge < -0.3 is 5.32 Å². The molecule has 2 aromatic carbocycles. The normalized spacial score (nSPS) is 10.2. The summed E-state index contributed by atoms with van der Waals surface area (Å²) in [5.74, 6) is -3.31. The van der Waals surface area contributed by atoms with Gasteiger partial charge in [-0.1, -0.05) is 12.1 Å². The highest BCUT2D eigenvalue weighted by Gasteiger charge is 2.22. The first-order valence-corrected chi connectivity index (χ1v) is 6.67. The van der Waals surface area contributed by atoms with Crippen LogP contribution < -0.4 is 5.32 Å². The van der Waals surface area contributed by atoms with Crippen molar-refractivity contribution in [1.29, 1.82) is 0 Å². The second-order valence-electron chi connectivity index (χ2n) is 3.97. The van der Waals surface area contributed by atoms with Gasteiger partial charge in [0.2, 0.25) is 5.82 Å². The molecule has 0 aromatic heterocycles. The van der Waals surface area contributed by atoms with Crippen molar-refractivity contribution in [2.24, 2.45) is 0 Å². The summed E-state index contributed by atoms with van der Waals surface area (Å²) in [6.07, 6.45) is 0. The molecule has 0 aliphatic rings. The van der Waals surface area contributed by atoms with Crippen LogP contribution in [0.3, 0.4) is 0 Å². The fourth-order valence-corrected chi connectivity index (χ4v) is 2.12. The summed E-state index contributed by atoms with van der Waals surface area (Å²) in [7, 11) is 0. The summed E-state index contributed by atoms with van der Waals surface area (Å²) < 4.78 is 27.9. The van der Waals surface area contributed by atoms with E-state index in [0.717, 1.165) is 0 Å². The lowest BCUT2D eigenvalue weighted by Gasteiger charge is -2.08. The molecule has 0 aliphatic heterocycles. The van der Waals surface area contributed by atoms with Crippen LogP contribution in [0.5, 0.6) is 0 Å². The first kappa shape index (κ1) is 15.3. The average molecular weight is 404 g/mol. The first-order chi connectivity index (χ1) is 9.90. The molecule has 1 amide bonds. The third-order valence-electron chi connectivity index (χ3n) is 2.60. The van der Waals surface area contributed by atoms with Gasteiger partial charge in [-0.05, 0) is 40.8 Å². The second kappa shape index (κ2) is 6.12. The van der Waals surface area contributed by atoms with Gasteiger partial charge in [0, 0.05) is 3.57 Å². The Morgan fingerprint density at radius 1 is 1.19 bits per heavy atom. The molecule has 8 heteroatoms. The van der Waals surface area contributed by atoms with Crippen LogP contribution in [0.15, 0.2) is 36.4 Å². The maximum Gasteiger partial charge on any atom is 0.307 e. The number of nitro benzene ring substituents is 1. The van der Waals surface area contributed by atoms with Crippen LogP contribution in [-0.4, -0.2) is 10.8 Å². The molecular formula is C13H7F2IN2O3. The molecule has 2 aromatic rings. The van der Waals surface area contributed by atoms with E-state index in [4.69, 9.17) is 0 Å². The van der Waals surface area contributed by atoms with Crippen molar-refractivity contribution in [2.45, 2.75) is 0 Å². The Labute approximate surface area is 131 Å². The maximum atomic E-state index is 13.7. The molecule has 0 radical (unpaired) electrons. The molecule has 0 unspecified atom stereocenters. The van der Waals surface area contributed by atoms with Gasteiger partial charge in [0.15, 0.2) is 0 Å². The number of hydrogen-bond acceptors (Lipinski definition) is 3. The fourth-order valence-electron chi connectivity index (χ4n) is 1.60. The van der Waals surface area contributed by atoms with E-state index in [1.165, 1.54) is 0 Å². The smallest absolute Gasteiger partial charge is 0.307 e. The number of rotatable bonds is 3. The van der Waals surface area contributed by atoms with E-state index in [-0.39, 0.29) is 0 Å². The molecule has 108 valence electrons. The topological polar surface area (TPSA) is 72.2 Å². The van der Waals surface area contributed by atoms with Crippen LogP contribution in [0.1, 0.15) is 10.4 Å². The van der Waals surface area contributed by atoms with Crippen molar-refractivity contribution in [2.75, 3.05) is 5.32 Å². The molecule has 0 saturated heterocycles. The number of hydrogen-bond donors (Lipinski definition) is 1. The molecule has 0 aliphatic carbocycles. The molecular weight excluding hydrogens is 397 g/mol. The van der Waals surface area contributed by atoms with Gasteiger partial charge in [-0.3, -0.25) is 14.9 Å². The number of anilines is 1. The lowest BCUT2D eigenvalue weighted by molar-refractivity contribution is -0.387. The maximum absolute atomic E-state index is 13.7. The molecule has 21 heavy (non-hydrogen) atoms. The molecule has 2 rings (SSSR count). The Bertz CT molecular complexity index is 737. The Kier molecular flexibility index (Phi) is 4.46. The van der Waals surface area contributed by atoms with Crippen molar-refractivity contribution in [1.82, 2.24) is 0 Å². The van der Waals surface area contributed by atoms with Crippen molar-refractivity contribution in [3.05, 3.63) is 67.3 Å². The van der Waals surface area contributed by atoms with Crippen molar-refractivity contribution in [3.8, 4) is 0 Å². The molecule has 0 fully saturated rings. The van der Waals surface area contributed by atoms with Crippen molar-refractivity contribution >= 4 is 39.9 Å². The lowest BCUT2D eigenvalue weighted by atomic mass is 10.1. The Morgan fingerprint density at radius 3 is 2.48 bits per heavy atom. The number of nitrogens with one attached hydrogen (secondary N) is 1. The summed E-state index contributed by atoms with van der Waals surface area (Å²) in [5, 5.41) is 12.9. The van der Waals surface area contributed by atoms with E-state index in [0.29, 0.717) is 21.4 Å². The average Bonchev–Trinajstić information content (AvgIpc) is 2.43. The van der Waals surface area contributed by atoms with Gasteiger partial charge in [0.05, 0.1) is 22.2 Å². The van der Waals surface area contributed by atoms with Crippen LogP contribution in [0, 0.1) is 25.3 Å². The number of carbonyl (C=O) groups excluding carboxylic acids is 1. The number of para-hydroxylation sites is 1. The number of amides is 1. The highest BCUT2D eigenvalue weighted by molar-refractivity contribution is 14.1. The standard InChI is InChI=1S/C13H7F2IN2O3/c14-8-6-12(18(20)21)9(15)5-7(8)13(19)17-11-4-2-1-3-10(11)16/h1-6H,(H,17,19). The zero-order valence-corrected chi connectivity index (χ0v) is 12.4. The minimum Gasteiger partial charge on any atom is -0.321 e. The van der Waals surface area contributed by atoms with Crippen LogP contribution in [-0.2, 0) is 0 Å². The number of halogens is 3. The lowest BCUT2D eigenvalue weighted by Crippen LogP contribution is -2.15. The van der Waals surface area contributed by atoms with E-state index < -0.39 is 33.7 Å². The third-order valence-corrected chi connectivity index (χ3v) is 3.54. The minimum atomic E-state index is -1.27. The monoisotopic (exact) mass is 404 g/mol. The molecule has 1 N–H and O–H groups in total. The highest BCUT2D eigenvalue weighted by Crippen LogP contribution is 2.23. The van der Waals surface area contributed by atoms with Crippen molar-refractivity contribution < 1.29 is 18.5 Å². The number of nitro groups is 1. The summed E-state index contributed by atoms with van der Waals surface area (Å²) in [6, 6.07) is 7.65. The molecule has 0 atom stereocenters. The molecule has 0 saturated carbocycles. The second-order valence-corrected chi connectivity index (χ2v) is 5.14. The van der Waals surface area contributed by atoms with Crippen LogP contribution in [0.2, 0.25) is 0 Å². The third kappa shape index (κ3) is 3.32. The van der Waals surface area contributed by atoms with E-state index in [2.05, 4.69) is 5.32 Å². The van der Waals surface area contributed by atoms with Crippen molar-refractivity contribution in [3.63, 3.8) is 0 Å². The predicted octanol–water partition coefficient (Wildman–Crippen LogP) is 3.73. The number of carbonyl (C=O) groups is 1. The Morgan fingerprint density at radius 2 is 1.86 bits per heavy atom. The van der Waals surface area contributed by atoms with Crippen LogP contribution in [0.4, 0.5) is 20.2 Å². The summed E-state index contributed by atoms with van der Waals surface area (Å²) >= 11 is 1.97. The number of nitrogens with zero attached hydrogens (tertiary/aromatic N) is 1. The van der Waals surface area contributed by atoms with E-state index >= 15 is 0 Å². The first-order valence-electron chi connectivity index (χ1n) is 5.59. The van der Waals surface area contributed by atoms with E-state index in [9.17, 15) is 23.7 Å². The summed E-state index contributed by atoms with van der Waals surface area (Å²) in [5.41, 5.74) is -1.18. The highest BCUT2D eigenvalue weighted by atomic mass is 127. The zero-order valence-electron chi connectivity index (χ0n) is 10.3. The predicted molar refractivity (Wildman–Crippen MR) is 80.1 cm³/mol. The zero-order chi connectivity index (χ0) is 15.6. The largest absolute Gasteiger partial charge is 0.321 e. The molecule has 0 bridgehead atoms. The SMILES string of the molecule is O=C(Nc1ccccc1I)c1cc(F)c([N+](=O)[O-])cc1F. The number of benzene rings is 2. The molecule has 0 spiro atoms. The van der Waals surface area contributed by atoms with Gasteiger partial charge in [-0.15, -0.1) is 0 Å². The van der Waals surface area contributed by atoms with Gasteiger partial charge in [0.1, 0.15) is 5.82 Å². The van der Waals surface area contributed by atoms with Gasteiger partial charge in [-0.2, -0.15) is 4.39 Å². The van der Waals surface area contributed by atoms with Gasteiger partial charge in [0.25, 0.3) is 5.91 Å². The Hall–Kier alpha value is -2.10. The van der Waals surface area contributed by atoms with Crippen LogP contribution in [0.25, 0.3) is 0 Å². The Balaban J connectivity index is 2.34. The van der Waals surface area contributed by atoms with Gasteiger partial charge in [-0.25, -0.2) is 4.39 Å². The molecule has 5 nitrogen and oxygen atoms in total. The fraction of sp³-hybridized carbons (Fsp3) is 0. The van der Waals surface area contributed by atoms with E-state index in [1.54, 1.807) is 24.3 Å². The summed E-state index contributed by atoms with van der Waals surface area (Å²) in [4.78, 5) is 21.4. The minimum absolute atomic E-state index is 0.389. The van der Waals surface area contributed by atoms with Crippen LogP contribution >= 0.6 is 22.6 Å².